The van der Waals surface area contributed by atoms with Crippen molar-refractivity contribution in [3.8, 4) is 0 Å². The molecule has 0 amide bonds. The van der Waals surface area contributed by atoms with Crippen molar-refractivity contribution < 1.29 is 45.6 Å². The number of alkyl halides is 2. The molecule has 1 heterocycles. The van der Waals surface area contributed by atoms with Gasteiger partial charge in [0.1, 0.15) is 11.7 Å². The van der Waals surface area contributed by atoms with Gasteiger partial charge in [-0.3, -0.25) is 9.35 Å². The van der Waals surface area contributed by atoms with Crippen molar-refractivity contribution in [2.45, 2.75) is 74.9 Å². The van der Waals surface area contributed by atoms with Crippen LogP contribution in [0.25, 0.3) is 0 Å². The van der Waals surface area contributed by atoms with Crippen molar-refractivity contribution in [2.24, 2.45) is 47.3 Å². The van der Waals surface area contributed by atoms with Gasteiger partial charge in [0.25, 0.3) is 0 Å². The topological polar surface area (TPSA) is 116 Å². The molecule has 0 radical (unpaired) electrons. The Hall–Kier alpha value is -1.33. The maximum atomic E-state index is 13.8. The number of hydrogen-bond donors (Lipinski definition) is 1. The Labute approximate surface area is 196 Å². The number of carbonyl (C=O) groups excluding carboxylic acids is 2. The summed E-state index contributed by atoms with van der Waals surface area (Å²) in [5, 5.41) is -5.09. The standard InChI is InChI=1S/C23H30F2O8S/c1-2-22(12-4-10-3-11(6-12)7-13(22)5-10)33-20(26)17-15-8-14-16(17)9-31-18(14)19(15)32-21(27)23(24,25)34(28,29)30/h10-19H,2-9H2,1H3,(H,28,29,30). The predicted octanol–water partition coefficient (Wildman–Crippen LogP) is 2.81. The van der Waals surface area contributed by atoms with Crippen LogP contribution in [0.2, 0.25) is 0 Å². The zero-order valence-corrected chi connectivity index (χ0v) is 19.7. The van der Waals surface area contributed by atoms with Gasteiger partial charge in [0, 0.05) is 11.8 Å². The highest BCUT2D eigenvalue weighted by atomic mass is 32.2. The first-order valence-electron chi connectivity index (χ1n) is 12.4. The molecule has 6 aliphatic carbocycles. The van der Waals surface area contributed by atoms with Crippen molar-refractivity contribution >= 4 is 22.1 Å². The van der Waals surface area contributed by atoms with E-state index in [1.165, 1.54) is 6.42 Å². The minimum atomic E-state index is -5.98. The quantitative estimate of drug-likeness (QED) is 0.434. The molecule has 1 N–H and O–H groups in total. The van der Waals surface area contributed by atoms with E-state index in [2.05, 4.69) is 6.92 Å². The monoisotopic (exact) mass is 504 g/mol. The van der Waals surface area contributed by atoms with Gasteiger partial charge in [0.15, 0.2) is 0 Å². The van der Waals surface area contributed by atoms with Crippen LogP contribution in [0, 0.1) is 47.3 Å². The van der Waals surface area contributed by atoms with Crippen LogP contribution < -0.4 is 0 Å². The molecule has 0 spiro atoms. The molecule has 190 valence electrons. The van der Waals surface area contributed by atoms with Crippen molar-refractivity contribution in [2.75, 3.05) is 6.61 Å². The van der Waals surface area contributed by atoms with Gasteiger partial charge < -0.3 is 14.2 Å². The maximum absolute atomic E-state index is 13.8. The van der Waals surface area contributed by atoms with E-state index in [1.54, 1.807) is 0 Å². The summed E-state index contributed by atoms with van der Waals surface area (Å²) in [6.07, 6.45) is 4.91. The lowest BCUT2D eigenvalue weighted by atomic mass is 9.49. The van der Waals surface area contributed by atoms with Crippen LogP contribution in [0.3, 0.4) is 0 Å². The average Bonchev–Trinajstić information content (AvgIpc) is 3.38. The number of carbonyl (C=O) groups is 2. The van der Waals surface area contributed by atoms with Crippen LogP contribution in [0.4, 0.5) is 8.78 Å². The third kappa shape index (κ3) is 3.01. The Balaban J connectivity index is 1.23. The number of ether oxygens (including phenoxy) is 3. The fraction of sp³-hybridized carbons (Fsp3) is 0.913. The molecule has 1 saturated heterocycles. The molecule has 6 unspecified atom stereocenters. The molecule has 6 saturated carbocycles. The largest absolute Gasteiger partial charge is 0.465 e. The summed E-state index contributed by atoms with van der Waals surface area (Å²) >= 11 is 0. The normalized spacial score (nSPS) is 48.4. The highest BCUT2D eigenvalue weighted by molar-refractivity contribution is 7.87. The minimum Gasteiger partial charge on any atom is -0.458 e. The molecular weight excluding hydrogens is 474 g/mol. The molecule has 7 fully saturated rings. The third-order valence-corrected chi connectivity index (χ3v) is 10.9. The maximum Gasteiger partial charge on any atom is 0.465 e. The van der Waals surface area contributed by atoms with Crippen molar-refractivity contribution in [3.05, 3.63) is 0 Å². The zero-order chi connectivity index (χ0) is 24.2. The second-order valence-electron chi connectivity index (χ2n) is 11.4. The summed E-state index contributed by atoms with van der Waals surface area (Å²) in [4.78, 5) is 25.7. The number of fused-ring (bicyclic) bond motifs is 1. The molecule has 1 aliphatic heterocycles. The molecule has 7 rings (SSSR count). The first kappa shape index (κ1) is 23.1. The van der Waals surface area contributed by atoms with E-state index in [4.69, 9.17) is 18.8 Å². The molecule has 0 aromatic heterocycles. The number of halogens is 2. The van der Waals surface area contributed by atoms with E-state index in [-0.39, 0.29) is 24.4 Å². The first-order chi connectivity index (χ1) is 16.0. The lowest BCUT2D eigenvalue weighted by Crippen LogP contribution is -2.60. The average molecular weight is 505 g/mol. The molecule has 8 nitrogen and oxygen atoms in total. The smallest absolute Gasteiger partial charge is 0.458 e. The molecule has 6 atom stereocenters. The van der Waals surface area contributed by atoms with Crippen LogP contribution >= 0.6 is 0 Å². The highest BCUT2D eigenvalue weighted by Crippen LogP contribution is 2.63. The summed E-state index contributed by atoms with van der Waals surface area (Å²) in [5.41, 5.74) is -0.505. The second-order valence-corrected chi connectivity index (χ2v) is 12.9. The van der Waals surface area contributed by atoms with Crippen molar-refractivity contribution in [3.63, 3.8) is 0 Å². The number of rotatable bonds is 6. The van der Waals surface area contributed by atoms with E-state index in [9.17, 15) is 26.8 Å². The van der Waals surface area contributed by atoms with Crippen molar-refractivity contribution in [1.82, 2.24) is 0 Å². The van der Waals surface area contributed by atoms with E-state index in [0.717, 1.165) is 32.1 Å². The van der Waals surface area contributed by atoms with Gasteiger partial charge >= 0.3 is 27.3 Å². The van der Waals surface area contributed by atoms with Gasteiger partial charge in [-0.05, 0) is 74.5 Å². The Kier molecular flexibility index (Phi) is 4.99. The highest BCUT2D eigenvalue weighted by Gasteiger charge is 2.68. The predicted molar refractivity (Wildman–Crippen MR) is 111 cm³/mol. The van der Waals surface area contributed by atoms with Gasteiger partial charge in [-0.25, -0.2) is 4.79 Å². The Morgan fingerprint density at radius 2 is 1.65 bits per heavy atom. The van der Waals surface area contributed by atoms with E-state index >= 15 is 0 Å². The Bertz CT molecular complexity index is 984. The summed E-state index contributed by atoms with van der Waals surface area (Å²) in [6.45, 7) is 2.30. The van der Waals surface area contributed by atoms with Gasteiger partial charge in [0.2, 0.25) is 0 Å². The zero-order valence-electron chi connectivity index (χ0n) is 18.9. The summed E-state index contributed by atoms with van der Waals surface area (Å²) in [6, 6.07) is 0. The summed E-state index contributed by atoms with van der Waals surface area (Å²) in [5.74, 6) is -2.14. The molecule has 7 aliphatic rings. The SMILES string of the molecule is CCC1(OC(=O)C2C3COC4C3CC2C4OC(=O)C(F)(F)S(=O)(=O)O)C2CC3CC(C2)CC1C3. The van der Waals surface area contributed by atoms with Crippen LogP contribution in [0.15, 0.2) is 0 Å². The van der Waals surface area contributed by atoms with Gasteiger partial charge in [-0.2, -0.15) is 17.2 Å². The van der Waals surface area contributed by atoms with Crippen LogP contribution in [-0.2, 0) is 33.9 Å². The van der Waals surface area contributed by atoms with E-state index in [0.29, 0.717) is 30.1 Å². The number of hydrogen-bond acceptors (Lipinski definition) is 7. The first-order valence-corrected chi connectivity index (χ1v) is 13.8. The lowest BCUT2D eigenvalue weighted by Gasteiger charge is -2.60. The Morgan fingerprint density at radius 1 is 1.03 bits per heavy atom. The minimum absolute atomic E-state index is 0.134. The van der Waals surface area contributed by atoms with Crippen LogP contribution in [-0.4, -0.2) is 54.6 Å². The van der Waals surface area contributed by atoms with E-state index in [1.807, 2.05) is 0 Å². The fourth-order valence-electron chi connectivity index (χ4n) is 8.95. The third-order valence-electron chi connectivity index (χ3n) is 10.1. The molecule has 34 heavy (non-hydrogen) atoms. The van der Waals surface area contributed by atoms with Crippen LogP contribution in [0.1, 0.15) is 51.9 Å². The molecule has 0 aromatic carbocycles. The van der Waals surface area contributed by atoms with Gasteiger partial charge in [-0.15, -0.1) is 0 Å². The van der Waals surface area contributed by atoms with Gasteiger partial charge in [-0.1, -0.05) is 6.92 Å². The van der Waals surface area contributed by atoms with E-state index < -0.39 is 51.0 Å². The van der Waals surface area contributed by atoms with Crippen molar-refractivity contribution in [1.29, 1.82) is 0 Å². The summed E-state index contributed by atoms with van der Waals surface area (Å²) < 4.78 is 75.4. The summed E-state index contributed by atoms with van der Waals surface area (Å²) in [7, 11) is -5.98. The molecule has 0 aromatic rings. The van der Waals surface area contributed by atoms with Gasteiger partial charge in [0.05, 0.1) is 18.6 Å². The van der Waals surface area contributed by atoms with Crippen LogP contribution in [0.5, 0.6) is 0 Å². The lowest BCUT2D eigenvalue weighted by molar-refractivity contribution is -0.218. The fourth-order valence-corrected chi connectivity index (χ4v) is 9.20. The number of esters is 2. The molecule has 11 heteroatoms. The Morgan fingerprint density at radius 3 is 2.21 bits per heavy atom. The second kappa shape index (κ2) is 7.35. The molecule has 6 bridgehead atoms. The molecular formula is C23H30F2O8S.